The van der Waals surface area contributed by atoms with Crippen LogP contribution in [-0.4, -0.2) is 71.9 Å². The Balaban J connectivity index is 1.22. The van der Waals surface area contributed by atoms with Crippen LogP contribution in [0.1, 0.15) is 60.8 Å². The Kier molecular flexibility index (Phi) is 6.40. The molecular weight excluding hydrogens is 536 g/mol. The molecule has 0 saturated carbocycles. The van der Waals surface area contributed by atoms with E-state index in [9.17, 15) is 10.4 Å². The van der Waals surface area contributed by atoms with Crippen LogP contribution in [0.3, 0.4) is 0 Å². The van der Waals surface area contributed by atoms with Crippen LogP contribution < -0.4 is 19.9 Å². The molecule has 2 N–H and O–H groups in total. The topological polar surface area (TPSA) is 87.9 Å². The minimum Gasteiger partial charge on any atom is -0.508 e. The van der Waals surface area contributed by atoms with Crippen LogP contribution in [0.25, 0.3) is 10.8 Å². The van der Waals surface area contributed by atoms with E-state index in [4.69, 9.17) is 16.1 Å². The van der Waals surface area contributed by atoms with Crippen LogP contribution in [0.5, 0.6) is 11.6 Å². The highest BCUT2D eigenvalue weighted by molar-refractivity contribution is 6.00. The Morgan fingerprint density at radius 1 is 1.07 bits per heavy atom. The predicted molar refractivity (Wildman–Crippen MR) is 168 cm³/mol. The average Bonchev–Trinajstić information content (AvgIpc) is 3.71. The summed E-state index contributed by atoms with van der Waals surface area (Å²) < 4.78 is 6.65. The fourth-order valence-corrected chi connectivity index (χ4v) is 8.67. The number of aromatic nitrogens is 1. The molecule has 0 spiro atoms. The summed E-state index contributed by atoms with van der Waals surface area (Å²) in [6.07, 6.45) is 13.8. The molecule has 8 rings (SSSR count). The third-order valence-corrected chi connectivity index (χ3v) is 10.7. The zero-order valence-corrected chi connectivity index (χ0v) is 24.6. The molecule has 0 radical (unpaired) electrons. The molecular formula is C35H38N6O2. The van der Waals surface area contributed by atoms with E-state index in [0.29, 0.717) is 36.7 Å². The Bertz CT molecular complexity index is 1670. The van der Waals surface area contributed by atoms with Crippen molar-refractivity contribution in [2.75, 3.05) is 49.1 Å². The molecule has 3 aromatic rings. The van der Waals surface area contributed by atoms with Crippen molar-refractivity contribution < 1.29 is 9.84 Å². The number of anilines is 2. The molecule has 5 aliphatic heterocycles. The average molecular weight is 575 g/mol. The van der Waals surface area contributed by atoms with E-state index < -0.39 is 0 Å². The number of nitrogens with one attached hydrogen (secondary N) is 1. The molecule has 5 aliphatic rings. The number of nitrogens with zero attached hydrogens (tertiary/aromatic N) is 5. The second kappa shape index (κ2) is 10.3. The summed E-state index contributed by atoms with van der Waals surface area (Å²) in [5.41, 5.74) is 4.45. The van der Waals surface area contributed by atoms with E-state index in [1.165, 1.54) is 25.7 Å². The highest BCUT2D eigenvalue weighted by atomic mass is 16.5. The monoisotopic (exact) mass is 574 g/mol. The summed E-state index contributed by atoms with van der Waals surface area (Å²) in [6, 6.07) is 12.9. The maximum Gasteiger partial charge on any atom is 0.234 e. The zero-order valence-electron chi connectivity index (χ0n) is 24.6. The van der Waals surface area contributed by atoms with E-state index in [1.54, 1.807) is 6.07 Å². The molecule has 8 nitrogen and oxygen atoms in total. The molecule has 1 aromatic heterocycles. The molecule has 220 valence electrons. The fourth-order valence-electron chi connectivity index (χ4n) is 8.67. The third-order valence-electron chi connectivity index (χ3n) is 10.7. The number of hydrogen-bond donors (Lipinski definition) is 2. The van der Waals surface area contributed by atoms with Gasteiger partial charge in [0, 0.05) is 72.1 Å². The zero-order chi connectivity index (χ0) is 29.1. The quantitative estimate of drug-likeness (QED) is 0.436. The number of hydrogen-bond acceptors (Lipinski definition) is 8. The second-order valence-electron chi connectivity index (χ2n) is 13.1. The Morgan fingerprint density at radius 3 is 2.60 bits per heavy atom. The third kappa shape index (κ3) is 4.39. The molecule has 4 fully saturated rings. The lowest BCUT2D eigenvalue weighted by Gasteiger charge is -2.39. The van der Waals surface area contributed by atoms with Gasteiger partial charge in [-0.05, 0) is 75.6 Å². The van der Waals surface area contributed by atoms with Crippen LogP contribution in [-0.2, 0) is 13.0 Å². The normalized spacial score (nSPS) is 24.0. The first-order chi connectivity index (χ1) is 21.0. The number of aromatic hydroxyl groups is 1. The van der Waals surface area contributed by atoms with Crippen molar-refractivity contribution in [3.8, 4) is 30.0 Å². The van der Waals surface area contributed by atoms with E-state index in [1.807, 2.05) is 24.3 Å². The Labute approximate surface area is 253 Å². The molecule has 0 amide bonds. The number of nitriles is 1. The number of pyridine rings is 1. The van der Waals surface area contributed by atoms with E-state index in [2.05, 4.69) is 32.0 Å². The number of phenols is 1. The molecule has 6 heterocycles. The van der Waals surface area contributed by atoms with Gasteiger partial charge in [0.2, 0.25) is 5.88 Å². The Morgan fingerprint density at radius 2 is 1.86 bits per heavy atom. The van der Waals surface area contributed by atoms with Crippen molar-refractivity contribution >= 4 is 22.3 Å². The maximum atomic E-state index is 10.7. The largest absolute Gasteiger partial charge is 0.508 e. The van der Waals surface area contributed by atoms with Gasteiger partial charge in [0.15, 0.2) is 0 Å². The van der Waals surface area contributed by atoms with Gasteiger partial charge < -0.3 is 25.0 Å². The number of phenolic OH excluding ortho intramolecular Hbond substituents is 1. The van der Waals surface area contributed by atoms with Gasteiger partial charge in [-0.3, -0.25) is 4.90 Å². The number of benzene rings is 2. The molecule has 43 heavy (non-hydrogen) atoms. The van der Waals surface area contributed by atoms with Gasteiger partial charge in [-0.1, -0.05) is 18.1 Å². The molecule has 8 heteroatoms. The smallest absolute Gasteiger partial charge is 0.234 e. The van der Waals surface area contributed by atoms with Crippen molar-refractivity contribution in [2.45, 2.75) is 69.1 Å². The fraction of sp³-hybridized carbons (Fsp3) is 0.486. The summed E-state index contributed by atoms with van der Waals surface area (Å²) in [6.45, 7) is 5.95. The minimum absolute atomic E-state index is 0.0662. The van der Waals surface area contributed by atoms with Gasteiger partial charge in [0.1, 0.15) is 29.8 Å². The van der Waals surface area contributed by atoms with E-state index >= 15 is 0 Å². The molecule has 2 aromatic carbocycles. The van der Waals surface area contributed by atoms with Gasteiger partial charge in [-0.2, -0.15) is 10.2 Å². The van der Waals surface area contributed by atoms with Gasteiger partial charge in [0.05, 0.1) is 5.54 Å². The first kappa shape index (κ1) is 26.6. The van der Waals surface area contributed by atoms with Crippen LogP contribution in [0, 0.1) is 23.7 Å². The van der Waals surface area contributed by atoms with Crippen molar-refractivity contribution in [1.82, 2.24) is 15.2 Å². The van der Waals surface area contributed by atoms with Crippen molar-refractivity contribution in [1.29, 1.82) is 5.26 Å². The van der Waals surface area contributed by atoms with Crippen LogP contribution in [0.15, 0.2) is 30.3 Å². The summed E-state index contributed by atoms with van der Waals surface area (Å²) in [4.78, 5) is 12.5. The predicted octanol–water partition coefficient (Wildman–Crippen LogP) is 4.30. The summed E-state index contributed by atoms with van der Waals surface area (Å²) in [7, 11) is 0. The number of ether oxygens (including phenoxy) is 1. The highest BCUT2D eigenvalue weighted by Crippen LogP contribution is 2.43. The number of terminal acetylenes is 1. The van der Waals surface area contributed by atoms with Gasteiger partial charge in [-0.15, -0.1) is 6.42 Å². The van der Waals surface area contributed by atoms with Crippen molar-refractivity contribution in [2.24, 2.45) is 0 Å². The van der Waals surface area contributed by atoms with Gasteiger partial charge in [0.25, 0.3) is 0 Å². The first-order valence-corrected chi connectivity index (χ1v) is 15.9. The molecule has 2 bridgehead atoms. The molecule has 2 unspecified atom stereocenters. The lowest BCUT2D eigenvalue weighted by molar-refractivity contribution is 0.110. The summed E-state index contributed by atoms with van der Waals surface area (Å²) >= 11 is 0. The first-order valence-electron chi connectivity index (χ1n) is 15.9. The minimum atomic E-state index is 0.0662. The summed E-state index contributed by atoms with van der Waals surface area (Å²) in [5.74, 6) is 4.50. The van der Waals surface area contributed by atoms with Crippen molar-refractivity contribution in [3.63, 3.8) is 0 Å². The lowest BCUT2D eigenvalue weighted by Crippen LogP contribution is -2.52. The number of rotatable bonds is 5. The van der Waals surface area contributed by atoms with Crippen LogP contribution in [0.4, 0.5) is 11.5 Å². The lowest BCUT2D eigenvalue weighted by atomic mass is 9.93. The molecule has 0 aliphatic carbocycles. The molecule has 4 saturated heterocycles. The SMILES string of the molecule is C#Cc1cccc2cc(O)cc(N3CCc4c(N5CC6CCC(C5)N6)nc(OCC56CCCN5CCC6)c(C#N)c4C3)c12. The molecule has 2 atom stereocenters. The Hall–Kier alpha value is -3.98. The van der Waals surface area contributed by atoms with Crippen LogP contribution in [0.2, 0.25) is 0 Å². The van der Waals surface area contributed by atoms with Gasteiger partial charge >= 0.3 is 0 Å². The van der Waals surface area contributed by atoms with Gasteiger partial charge in [-0.25, -0.2) is 0 Å². The maximum absolute atomic E-state index is 10.7. The number of piperazine rings is 1. The van der Waals surface area contributed by atoms with Crippen LogP contribution >= 0.6 is 0 Å². The van der Waals surface area contributed by atoms with E-state index in [-0.39, 0.29) is 11.3 Å². The highest BCUT2D eigenvalue weighted by Gasteiger charge is 2.45. The standard InChI is InChI=1S/C35H38N6O2/c1-2-23-6-3-7-24-16-27(42)17-31(32(23)24)39-15-10-28-30(21-39)29(18-36)34(43-22-35-11-4-13-41(35)14-5-12-35)38-33(28)40-19-25-8-9-26(20-40)37-25/h1,3,6-7,16-17,25-26,37,42H,4-5,8-15,19-22H2. The van der Waals surface area contributed by atoms with Crippen molar-refractivity contribution in [3.05, 3.63) is 52.6 Å². The summed E-state index contributed by atoms with van der Waals surface area (Å²) in [5, 5.41) is 26.9. The second-order valence-corrected chi connectivity index (χ2v) is 13.1. The van der Waals surface area contributed by atoms with E-state index in [0.717, 1.165) is 91.0 Å². The number of fused-ring (bicyclic) bond motifs is 5.